The summed E-state index contributed by atoms with van der Waals surface area (Å²) in [6, 6.07) is 19.7. The first-order valence-corrected chi connectivity index (χ1v) is 7.08. The summed E-state index contributed by atoms with van der Waals surface area (Å²) in [6.45, 7) is 1.99. The minimum atomic E-state index is 0.750. The molecule has 2 N–H and O–H groups in total. The smallest absolute Gasteiger partial charge is 0.0419 e. The monoisotopic (exact) mass is 301 g/mol. The van der Waals surface area contributed by atoms with Gasteiger partial charge in [-0.15, -0.1) is 12.6 Å². The molecule has 3 aromatic rings. The van der Waals surface area contributed by atoms with Gasteiger partial charge in [0, 0.05) is 21.0 Å². The van der Waals surface area contributed by atoms with Crippen LogP contribution in [0.2, 0.25) is 5.02 Å². The van der Waals surface area contributed by atoms with Crippen molar-refractivity contribution < 1.29 is 0 Å². The number of nitrogens with two attached hydrogens (primary N) is 1. The third-order valence-corrected chi connectivity index (χ3v) is 3.33. The SMILES string of the molecule is Cc1cc(S)cc(Cl)c1.Nc1cccc2ccccc12. The van der Waals surface area contributed by atoms with Gasteiger partial charge in [-0.25, -0.2) is 0 Å². The van der Waals surface area contributed by atoms with E-state index in [2.05, 4.69) is 24.8 Å². The van der Waals surface area contributed by atoms with Crippen LogP contribution < -0.4 is 5.73 Å². The van der Waals surface area contributed by atoms with E-state index in [4.69, 9.17) is 17.3 Å². The molecule has 0 fully saturated rings. The van der Waals surface area contributed by atoms with Crippen molar-refractivity contribution in [3.8, 4) is 0 Å². The fourth-order valence-electron chi connectivity index (χ4n) is 1.97. The first-order chi connectivity index (χ1) is 9.56. The summed E-state index contributed by atoms with van der Waals surface area (Å²) >= 11 is 9.84. The number of halogens is 1. The van der Waals surface area contributed by atoms with Crippen LogP contribution in [0.15, 0.2) is 65.6 Å². The zero-order chi connectivity index (χ0) is 14.5. The van der Waals surface area contributed by atoms with Gasteiger partial charge in [0.1, 0.15) is 0 Å². The van der Waals surface area contributed by atoms with Gasteiger partial charge in [-0.1, -0.05) is 48.0 Å². The Morgan fingerprint density at radius 2 is 1.65 bits per heavy atom. The normalized spacial score (nSPS) is 9.95. The maximum Gasteiger partial charge on any atom is 0.0419 e. The molecule has 3 rings (SSSR count). The van der Waals surface area contributed by atoms with E-state index in [1.165, 1.54) is 5.39 Å². The molecule has 102 valence electrons. The van der Waals surface area contributed by atoms with Crippen LogP contribution in [0, 0.1) is 6.92 Å². The third-order valence-electron chi connectivity index (χ3n) is 2.85. The van der Waals surface area contributed by atoms with Crippen LogP contribution >= 0.6 is 24.2 Å². The van der Waals surface area contributed by atoms with Gasteiger partial charge in [0.25, 0.3) is 0 Å². The molecule has 20 heavy (non-hydrogen) atoms. The molecule has 0 saturated heterocycles. The number of rotatable bonds is 0. The highest BCUT2D eigenvalue weighted by Crippen LogP contribution is 2.19. The van der Waals surface area contributed by atoms with Crippen LogP contribution in [0.1, 0.15) is 5.56 Å². The highest BCUT2D eigenvalue weighted by molar-refractivity contribution is 7.80. The van der Waals surface area contributed by atoms with E-state index in [0.717, 1.165) is 26.6 Å². The van der Waals surface area contributed by atoms with E-state index in [0.29, 0.717) is 0 Å². The molecular weight excluding hydrogens is 286 g/mol. The topological polar surface area (TPSA) is 26.0 Å². The Balaban J connectivity index is 0.000000151. The molecule has 0 aliphatic carbocycles. The summed E-state index contributed by atoms with van der Waals surface area (Å²) in [5.41, 5.74) is 7.75. The Kier molecular flexibility index (Phi) is 4.94. The van der Waals surface area contributed by atoms with Gasteiger partial charge in [0.2, 0.25) is 0 Å². The summed E-state index contributed by atoms with van der Waals surface area (Å²) in [4.78, 5) is 0.917. The van der Waals surface area contributed by atoms with E-state index in [-0.39, 0.29) is 0 Å². The van der Waals surface area contributed by atoms with Crippen molar-refractivity contribution in [3.63, 3.8) is 0 Å². The van der Waals surface area contributed by atoms with Gasteiger partial charge < -0.3 is 5.73 Å². The Hall–Kier alpha value is -1.64. The quantitative estimate of drug-likeness (QED) is 0.424. The molecular formula is C17H16ClNS. The van der Waals surface area contributed by atoms with E-state index >= 15 is 0 Å². The predicted octanol–water partition coefficient (Wildman–Crippen LogP) is 5.36. The van der Waals surface area contributed by atoms with Gasteiger partial charge in [-0.05, 0) is 42.1 Å². The summed E-state index contributed by atoms with van der Waals surface area (Å²) in [5.74, 6) is 0. The zero-order valence-corrected chi connectivity index (χ0v) is 12.8. The Morgan fingerprint density at radius 3 is 2.30 bits per heavy atom. The van der Waals surface area contributed by atoms with Crippen LogP contribution in [0.5, 0.6) is 0 Å². The van der Waals surface area contributed by atoms with E-state index in [1.807, 2.05) is 55.5 Å². The predicted molar refractivity (Wildman–Crippen MR) is 91.8 cm³/mol. The highest BCUT2D eigenvalue weighted by Gasteiger charge is 1.92. The van der Waals surface area contributed by atoms with E-state index in [1.54, 1.807) is 0 Å². The number of fused-ring (bicyclic) bond motifs is 1. The molecule has 1 nitrogen and oxygen atoms in total. The number of benzene rings is 3. The van der Waals surface area contributed by atoms with Crippen molar-refractivity contribution in [2.45, 2.75) is 11.8 Å². The van der Waals surface area contributed by atoms with Gasteiger partial charge >= 0.3 is 0 Å². The van der Waals surface area contributed by atoms with E-state index in [9.17, 15) is 0 Å². The van der Waals surface area contributed by atoms with E-state index < -0.39 is 0 Å². The molecule has 3 heteroatoms. The lowest BCUT2D eigenvalue weighted by molar-refractivity contribution is 1.37. The van der Waals surface area contributed by atoms with Crippen LogP contribution in [0.4, 0.5) is 5.69 Å². The average Bonchev–Trinajstić information content (AvgIpc) is 2.38. The Morgan fingerprint density at radius 1 is 0.950 bits per heavy atom. The van der Waals surface area contributed by atoms with Crippen molar-refractivity contribution in [1.82, 2.24) is 0 Å². The lowest BCUT2D eigenvalue weighted by atomic mass is 10.1. The summed E-state index contributed by atoms with van der Waals surface area (Å²) < 4.78 is 0. The molecule has 0 unspecified atom stereocenters. The Bertz CT molecular complexity index is 669. The van der Waals surface area contributed by atoms with Crippen molar-refractivity contribution in [3.05, 3.63) is 71.2 Å². The Labute approximate surface area is 129 Å². The first-order valence-electron chi connectivity index (χ1n) is 6.25. The second kappa shape index (κ2) is 6.69. The van der Waals surface area contributed by atoms with Gasteiger partial charge in [0.15, 0.2) is 0 Å². The molecule has 0 atom stereocenters. The number of anilines is 1. The second-order valence-corrected chi connectivity index (χ2v) is 5.51. The number of thiol groups is 1. The first kappa shape index (κ1) is 14.8. The van der Waals surface area contributed by atoms with Crippen LogP contribution in [0.3, 0.4) is 0 Å². The van der Waals surface area contributed by atoms with Gasteiger partial charge in [-0.3, -0.25) is 0 Å². The van der Waals surface area contributed by atoms with Gasteiger partial charge in [-0.2, -0.15) is 0 Å². The number of hydrogen-bond donors (Lipinski definition) is 2. The fraction of sp³-hybridized carbons (Fsp3) is 0.0588. The van der Waals surface area contributed by atoms with Crippen molar-refractivity contribution in [1.29, 1.82) is 0 Å². The third kappa shape index (κ3) is 3.92. The largest absolute Gasteiger partial charge is 0.398 e. The maximum absolute atomic E-state index is 5.76. The lowest BCUT2D eigenvalue weighted by Crippen LogP contribution is -1.84. The molecule has 0 spiro atoms. The van der Waals surface area contributed by atoms with Crippen LogP contribution in [-0.2, 0) is 0 Å². The van der Waals surface area contributed by atoms with Crippen molar-refractivity contribution >= 4 is 40.7 Å². The summed E-state index contributed by atoms with van der Waals surface area (Å²) in [7, 11) is 0. The standard InChI is InChI=1S/C10H9N.C7H7ClS/c11-10-7-3-5-8-4-1-2-6-9(8)10;1-5-2-6(8)4-7(9)3-5/h1-7H,11H2;2-4,9H,1H3. The van der Waals surface area contributed by atoms with Crippen molar-refractivity contribution in [2.75, 3.05) is 5.73 Å². The molecule has 3 aromatic carbocycles. The number of aryl methyl sites for hydroxylation is 1. The summed E-state index contributed by atoms with van der Waals surface area (Å²) in [5, 5.41) is 3.09. The zero-order valence-electron chi connectivity index (χ0n) is 11.2. The minimum Gasteiger partial charge on any atom is -0.398 e. The lowest BCUT2D eigenvalue weighted by Gasteiger charge is -1.98. The maximum atomic E-state index is 5.76. The fourth-order valence-corrected chi connectivity index (χ4v) is 2.68. The molecule has 0 amide bonds. The minimum absolute atomic E-state index is 0.750. The van der Waals surface area contributed by atoms with Crippen LogP contribution in [0.25, 0.3) is 10.8 Å². The molecule has 0 aliphatic heterocycles. The molecule has 0 heterocycles. The molecule has 0 aliphatic rings. The highest BCUT2D eigenvalue weighted by atomic mass is 35.5. The molecule has 0 radical (unpaired) electrons. The molecule has 0 bridgehead atoms. The molecule has 0 saturated carbocycles. The molecule has 0 aromatic heterocycles. The van der Waals surface area contributed by atoms with Gasteiger partial charge in [0.05, 0.1) is 0 Å². The average molecular weight is 302 g/mol. The number of hydrogen-bond acceptors (Lipinski definition) is 2. The van der Waals surface area contributed by atoms with Crippen molar-refractivity contribution in [2.24, 2.45) is 0 Å². The van der Waals surface area contributed by atoms with Crippen LogP contribution in [-0.4, -0.2) is 0 Å². The summed E-state index contributed by atoms with van der Waals surface area (Å²) in [6.07, 6.45) is 0. The second-order valence-electron chi connectivity index (χ2n) is 4.56. The number of nitrogen functional groups attached to an aromatic ring is 1.